The Bertz CT molecular complexity index is 893. The molecule has 5 nitrogen and oxygen atoms in total. The number of aromatic nitrogens is 1. The summed E-state index contributed by atoms with van der Waals surface area (Å²) in [4.78, 5) is 16.4. The molecule has 0 atom stereocenters. The summed E-state index contributed by atoms with van der Waals surface area (Å²) in [6.07, 6.45) is 3.32. The summed E-state index contributed by atoms with van der Waals surface area (Å²) >= 11 is 11.7. The highest BCUT2D eigenvalue weighted by molar-refractivity contribution is 7.92. The highest BCUT2D eigenvalue weighted by Crippen LogP contribution is 2.30. The lowest BCUT2D eigenvalue weighted by Crippen LogP contribution is -2.18. The van der Waals surface area contributed by atoms with Gasteiger partial charge in [0.2, 0.25) is 0 Å². The Labute approximate surface area is 156 Å². The average Bonchev–Trinajstić information content (AvgIpc) is 3.13. The van der Waals surface area contributed by atoms with E-state index in [1.54, 1.807) is 12.1 Å². The summed E-state index contributed by atoms with van der Waals surface area (Å²) in [5.41, 5.74) is 0.463. The molecule has 1 fully saturated rings. The largest absolute Gasteiger partial charge is 0.321 e. The van der Waals surface area contributed by atoms with E-state index in [1.807, 2.05) is 0 Å². The Hall–Kier alpha value is -1.63. The second-order valence-electron chi connectivity index (χ2n) is 5.89. The Balaban J connectivity index is 1.76. The van der Waals surface area contributed by atoms with Crippen LogP contribution in [-0.2, 0) is 9.84 Å². The molecule has 0 spiro atoms. The first-order chi connectivity index (χ1) is 11.9. The predicted octanol–water partition coefficient (Wildman–Crippen LogP) is 4.36. The van der Waals surface area contributed by atoms with Gasteiger partial charge >= 0.3 is 0 Å². The normalized spacial score (nSPS) is 15.3. The van der Waals surface area contributed by atoms with E-state index in [9.17, 15) is 13.2 Å². The number of hydrogen-bond donors (Lipinski definition) is 1. The molecule has 1 heterocycles. The third-order valence-electron chi connectivity index (χ3n) is 4.21. The van der Waals surface area contributed by atoms with Gasteiger partial charge in [0.15, 0.2) is 9.84 Å². The van der Waals surface area contributed by atoms with E-state index >= 15 is 0 Å². The molecule has 25 heavy (non-hydrogen) atoms. The van der Waals surface area contributed by atoms with Crippen LogP contribution in [0.15, 0.2) is 41.3 Å². The first-order valence-electron chi connectivity index (χ1n) is 7.85. The zero-order valence-corrected chi connectivity index (χ0v) is 15.5. The molecule has 0 aliphatic heterocycles. The minimum Gasteiger partial charge on any atom is -0.321 e. The van der Waals surface area contributed by atoms with Crippen molar-refractivity contribution >= 4 is 44.6 Å². The Kier molecular flexibility index (Phi) is 5.32. The van der Waals surface area contributed by atoms with Crippen molar-refractivity contribution in [1.29, 1.82) is 0 Å². The molecule has 8 heteroatoms. The highest BCUT2D eigenvalue weighted by Gasteiger charge is 2.30. The smallest absolute Gasteiger partial charge is 0.275 e. The molecule has 1 aromatic carbocycles. The van der Waals surface area contributed by atoms with Crippen LogP contribution in [0, 0.1) is 0 Å². The van der Waals surface area contributed by atoms with Gasteiger partial charge < -0.3 is 5.32 Å². The number of pyridine rings is 1. The van der Waals surface area contributed by atoms with Crippen LogP contribution >= 0.6 is 23.2 Å². The van der Waals surface area contributed by atoms with Crippen LogP contribution in [0.4, 0.5) is 5.69 Å². The van der Waals surface area contributed by atoms with Crippen LogP contribution in [0.2, 0.25) is 10.2 Å². The summed E-state index contributed by atoms with van der Waals surface area (Å²) in [5.74, 6) is -0.515. The summed E-state index contributed by atoms with van der Waals surface area (Å²) in [7, 11) is -3.31. The van der Waals surface area contributed by atoms with Gasteiger partial charge in [0.1, 0.15) is 10.8 Å². The average molecular weight is 399 g/mol. The van der Waals surface area contributed by atoms with Crippen LogP contribution in [0.3, 0.4) is 0 Å². The summed E-state index contributed by atoms with van der Waals surface area (Å²) in [5, 5.41) is 2.67. The van der Waals surface area contributed by atoms with E-state index in [1.165, 1.54) is 24.3 Å². The molecule has 1 aliphatic rings. The van der Waals surface area contributed by atoms with E-state index < -0.39 is 15.7 Å². The van der Waals surface area contributed by atoms with Crippen molar-refractivity contribution in [2.75, 3.05) is 5.32 Å². The number of amides is 1. The van der Waals surface area contributed by atoms with Gasteiger partial charge in [0.05, 0.1) is 15.2 Å². The molecule has 1 amide bonds. The van der Waals surface area contributed by atoms with Gasteiger partial charge in [0, 0.05) is 5.69 Å². The molecule has 1 N–H and O–H groups in total. The number of carbonyl (C=O) groups excluding carboxylic acids is 1. The molecule has 132 valence electrons. The van der Waals surface area contributed by atoms with Gasteiger partial charge in [-0.25, -0.2) is 13.4 Å². The minimum atomic E-state index is -3.31. The van der Waals surface area contributed by atoms with E-state index in [4.69, 9.17) is 23.2 Å². The molecular weight excluding hydrogens is 383 g/mol. The number of carbonyl (C=O) groups is 1. The van der Waals surface area contributed by atoms with Crippen LogP contribution in [0.25, 0.3) is 0 Å². The standard InChI is InChI=1S/C17H16Cl2N2O3S/c18-14-9-10-15(19)21-16(14)17(22)20-11-5-7-13(8-6-11)25(23,24)12-3-1-2-4-12/h5-10,12H,1-4H2,(H,20,22). The first-order valence-corrected chi connectivity index (χ1v) is 10.2. The van der Waals surface area contributed by atoms with E-state index in [2.05, 4.69) is 10.3 Å². The first kappa shape index (κ1) is 18.2. The topological polar surface area (TPSA) is 76.1 Å². The lowest BCUT2D eigenvalue weighted by molar-refractivity contribution is 0.102. The second-order valence-corrected chi connectivity index (χ2v) is 8.92. The van der Waals surface area contributed by atoms with E-state index in [0.29, 0.717) is 18.5 Å². The fourth-order valence-corrected chi connectivity index (χ4v) is 5.08. The summed E-state index contributed by atoms with van der Waals surface area (Å²) in [6, 6.07) is 9.11. The van der Waals surface area contributed by atoms with Crippen molar-refractivity contribution in [3.05, 3.63) is 52.3 Å². The van der Waals surface area contributed by atoms with Crippen LogP contribution in [-0.4, -0.2) is 24.6 Å². The number of hydrogen-bond acceptors (Lipinski definition) is 4. The van der Waals surface area contributed by atoms with Gasteiger partial charge in [-0.3, -0.25) is 4.79 Å². The molecule has 1 aliphatic carbocycles. The molecule has 1 aromatic heterocycles. The number of halogens is 2. The van der Waals surface area contributed by atoms with Gasteiger partial charge in [-0.05, 0) is 49.2 Å². The highest BCUT2D eigenvalue weighted by atomic mass is 35.5. The maximum absolute atomic E-state index is 12.5. The van der Waals surface area contributed by atoms with Crippen molar-refractivity contribution in [3.8, 4) is 0 Å². The summed E-state index contributed by atoms with van der Waals surface area (Å²) in [6.45, 7) is 0. The number of benzene rings is 1. The molecule has 0 radical (unpaired) electrons. The number of nitrogens with one attached hydrogen (secondary N) is 1. The van der Waals surface area contributed by atoms with Crippen LogP contribution < -0.4 is 5.32 Å². The molecule has 0 bridgehead atoms. The Morgan fingerprint density at radius 2 is 1.68 bits per heavy atom. The third kappa shape index (κ3) is 3.97. The number of nitrogens with zero attached hydrogens (tertiary/aromatic N) is 1. The number of sulfone groups is 1. The van der Waals surface area contributed by atoms with Gasteiger partial charge in [-0.15, -0.1) is 0 Å². The lowest BCUT2D eigenvalue weighted by Gasteiger charge is -2.12. The van der Waals surface area contributed by atoms with Gasteiger partial charge in [-0.1, -0.05) is 36.0 Å². The third-order valence-corrected chi connectivity index (χ3v) is 7.00. The van der Waals surface area contributed by atoms with Crippen molar-refractivity contribution < 1.29 is 13.2 Å². The van der Waals surface area contributed by atoms with Crippen LogP contribution in [0.1, 0.15) is 36.2 Å². The maximum Gasteiger partial charge on any atom is 0.275 e. The maximum atomic E-state index is 12.5. The zero-order chi connectivity index (χ0) is 18.0. The molecule has 0 unspecified atom stereocenters. The number of rotatable bonds is 4. The van der Waals surface area contributed by atoms with Crippen molar-refractivity contribution in [2.24, 2.45) is 0 Å². The molecule has 0 saturated heterocycles. The fraction of sp³-hybridized carbons (Fsp3) is 0.294. The molecule has 1 saturated carbocycles. The van der Waals surface area contributed by atoms with Gasteiger partial charge in [-0.2, -0.15) is 0 Å². The fourth-order valence-electron chi connectivity index (χ4n) is 2.89. The van der Waals surface area contributed by atoms with Crippen molar-refractivity contribution in [1.82, 2.24) is 4.98 Å². The quantitative estimate of drug-likeness (QED) is 0.776. The predicted molar refractivity (Wildman–Crippen MR) is 98.1 cm³/mol. The minimum absolute atomic E-state index is 0.0109. The SMILES string of the molecule is O=C(Nc1ccc(S(=O)(=O)C2CCCC2)cc1)c1nc(Cl)ccc1Cl. The Morgan fingerprint density at radius 3 is 2.32 bits per heavy atom. The lowest BCUT2D eigenvalue weighted by atomic mass is 10.3. The Morgan fingerprint density at radius 1 is 1.04 bits per heavy atom. The van der Waals surface area contributed by atoms with Gasteiger partial charge in [0.25, 0.3) is 5.91 Å². The zero-order valence-electron chi connectivity index (χ0n) is 13.2. The second kappa shape index (κ2) is 7.32. The van der Waals surface area contributed by atoms with Crippen molar-refractivity contribution in [3.63, 3.8) is 0 Å². The number of anilines is 1. The monoisotopic (exact) mass is 398 g/mol. The summed E-state index contributed by atoms with van der Waals surface area (Å²) < 4.78 is 25.1. The molecular formula is C17H16Cl2N2O3S. The van der Waals surface area contributed by atoms with Crippen molar-refractivity contribution in [2.45, 2.75) is 35.8 Å². The molecule has 3 rings (SSSR count). The van der Waals surface area contributed by atoms with E-state index in [-0.39, 0.29) is 26.0 Å². The van der Waals surface area contributed by atoms with E-state index in [0.717, 1.165) is 12.8 Å². The van der Waals surface area contributed by atoms with Crippen LogP contribution in [0.5, 0.6) is 0 Å². The molecule has 2 aromatic rings.